The van der Waals surface area contributed by atoms with Crippen molar-refractivity contribution in [3.63, 3.8) is 0 Å². The van der Waals surface area contributed by atoms with E-state index in [9.17, 15) is 32.7 Å². The van der Waals surface area contributed by atoms with Gasteiger partial charge in [-0.1, -0.05) is 42.5 Å². The molecule has 7 nitrogen and oxygen atoms in total. The molecule has 160 valence electrons. The lowest BCUT2D eigenvalue weighted by Crippen LogP contribution is -2.47. The van der Waals surface area contributed by atoms with E-state index >= 15 is 0 Å². The maximum absolute atomic E-state index is 12.6. The number of nitrogens with one attached hydrogen (secondary N) is 1. The molecule has 0 aliphatic rings. The monoisotopic (exact) mass is 424 g/mol. The third-order valence-electron chi connectivity index (χ3n) is 4.08. The molecular weight excluding hydrogens is 405 g/mol. The number of amides is 2. The van der Waals surface area contributed by atoms with Crippen LogP contribution in [0, 0.1) is 0 Å². The number of primary amides is 1. The van der Waals surface area contributed by atoms with Crippen molar-refractivity contribution in [1.82, 2.24) is 5.32 Å². The van der Waals surface area contributed by atoms with Gasteiger partial charge in [0.05, 0.1) is 12.0 Å². The number of carbonyl (C=O) groups is 3. The zero-order chi connectivity index (χ0) is 22.3. The number of nitrogens with two attached hydrogens (primary N) is 1. The number of benzene rings is 2. The summed E-state index contributed by atoms with van der Waals surface area (Å²) in [5.41, 5.74) is 4.81. The quantitative estimate of drug-likeness (QED) is 0.559. The summed E-state index contributed by atoms with van der Waals surface area (Å²) in [7, 11) is 0. The highest BCUT2D eigenvalue weighted by Gasteiger charge is 2.31. The lowest BCUT2D eigenvalue weighted by Gasteiger charge is -2.18. The molecule has 0 spiro atoms. The summed E-state index contributed by atoms with van der Waals surface area (Å²) in [6, 6.07) is 10.5. The van der Waals surface area contributed by atoms with E-state index in [0.717, 1.165) is 12.1 Å². The van der Waals surface area contributed by atoms with E-state index in [1.54, 1.807) is 30.3 Å². The fraction of sp³-hybridized carbons (Fsp3) is 0.250. The predicted molar refractivity (Wildman–Crippen MR) is 98.4 cm³/mol. The minimum atomic E-state index is -4.57. The molecule has 0 fully saturated rings. The van der Waals surface area contributed by atoms with Gasteiger partial charge in [0, 0.05) is 0 Å². The number of esters is 1. The molecule has 0 saturated heterocycles. The van der Waals surface area contributed by atoms with Gasteiger partial charge in [0.25, 0.3) is 5.91 Å². The molecule has 0 saturated carbocycles. The van der Waals surface area contributed by atoms with Crippen LogP contribution < -0.4 is 11.1 Å². The Balaban J connectivity index is 1.95. The van der Waals surface area contributed by atoms with E-state index in [2.05, 4.69) is 5.32 Å². The third kappa shape index (κ3) is 6.59. The van der Waals surface area contributed by atoms with Gasteiger partial charge in [0.2, 0.25) is 5.91 Å². The second-order valence-electron chi connectivity index (χ2n) is 6.34. The number of aliphatic hydroxyl groups is 1. The first-order valence-electron chi connectivity index (χ1n) is 8.72. The topological polar surface area (TPSA) is 119 Å². The first kappa shape index (κ1) is 22.9. The fourth-order valence-corrected chi connectivity index (χ4v) is 2.44. The standard InChI is InChI=1S/C20H19F3N2O5/c21-20(22,23)14-8-6-13(7-9-14)17(27)19(29)25-15(18(24)28)10-16(26)30-11-12-4-2-1-3-5-12/h1-9,15,17,27H,10-11H2,(H2,24,28)(H,25,29)/t15-,17+/m1/s1. The van der Waals surface area contributed by atoms with Gasteiger partial charge in [-0.15, -0.1) is 0 Å². The van der Waals surface area contributed by atoms with Gasteiger partial charge < -0.3 is 20.9 Å². The number of rotatable bonds is 8. The summed E-state index contributed by atoms with van der Waals surface area (Å²) < 4.78 is 42.8. The van der Waals surface area contributed by atoms with Crippen molar-refractivity contribution in [1.29, 1.82) is 0 Å². The minimum absolute atomic E-state index is 0.0483. The van der Waals surface area contributed by atoms with E-state index in [-0.39, 0.29) is 12.2 Å². The Morgan fingerprint density at radius 1 is 1.03 bits per heavy atom. The molecule has 10 heteroatoms. The van der Waals surface area contributed by atoms with E-state index in [4.69, 9.17) is 10.5 Å². The first-order chi connectivity index (χ1) is 14.1. The Kier molecular flexibility index (Phi) is 7.54. The van der Waals surface area contributed by atoms with Crippen LogP contribution in [-0.4, -0.2) is 28.9 Å². The lowest BCUT2D eigenvalue weighted by molar-refractivity contribution is -0.147. The average Bonchev–Trinajstić information content (AvgIpc) is 2.71. The van der Waals surface area contributed by atoms with Crippen molar-refractivity contribution in [2.24, 2.45) is 5.73 Å². The van der Waals surface area contributed by atoms with Crippen LogP contribution in [0.4, 0.5) is 13.2 Å². The predicted octanol–water partition coefficient (Wildman–Crippen LogP) is 1.84. The average molecular weight is 424 g/mol. The van der Waals surface area contributed by atoms with Gasteiger partial charge in [0.15, 0.2) is 6.10 Å². The van der Waals surface area contributed by atoms with E-state index in [1.165, 1.54) is 0 Å². The molecule has 0 bridgehead atoms. The van der Waals surface area contributed by atoms with E-state index in [1.807, 2.05) is 0 Å². The second-order valence-corrected chi connectivity index (χ2v) is 6.34. The molecule has 2 aromatic carbocycles. The van der Waals surface area contributed by atoms with Crippen LogP contribution in [0.5, 0.6) is 0 Å². The Morgan fingerprint density at radius 2 is 1.63 bits per heavy atom. The normalized spacial score (nSPS) is 13.2. The zero-order valence-electron chi connectivity index (χ0n) is 15.6. The molecule has 0 unspecified atom stereocenters. The van der Waals surface area contributed by atoms with Crippen LogP contribution >= 0.6 is 0 Å². The number of ether oxygens (including phenoxy) is 1. The van der Waals surface area contributed by atoms with Crippen molar-refractivity contribution >= 4 is 17.8 Å². The Bertz CT molecular complexity index is 886. The van der Waals surface area contributed by atoms with Crippen molar-refractivity contribution in [2.75, 3.05) is 0 Å². The minimum Gasteiger partial charge on any atom is -0.461 e. The van der Waals surface area contributed by atoms with Crippen LogP contribution in [0.2, 0.25) is 0 Å². The van der Waals surface area contributed by atoms with E-state index < -0.39 is 48.1 Å². The lowest BCUT2D eigenvalue weighted by atomic mass is 10.1. The van der Waals surface area contributed by atoms with Crippen molar-refractivity contribution in [3.05, 3.63) is 71.3 Å². The number of halogens is 3. The maximum Gasteiger partial charge on any atom is 0.416 e. The number of hydrogen-bond donors (Lipinski definition) is 3. The molecule has 0 heterocycles. The Labute approximate surface area is 169 Å². The van der Waals surface area contributed by atoms with Crippen LogP contribution in [-0.2, 0) is 31.9 Å². The zero-order valence-corrected chi connectivity index (χ0v) is 15.6. The van der Waals surface area contributed by atoms with Gasteiger partial charge in [-0.25, -0.2) is 0 Å². The highest BCUT2D eigenvalue weighted by molar-refractivity contribution is 5.91. The number of carbonyl (C=O) groups excluding carboxylic acids is 3. The van der Waals surface area contributed by atoms with Crippen LogP contribution in [0.25, 0.3) is 0 Å². The summed E-state index contributed by atoms with van der Waals surface area (Å²) in [5.74, 6) is -2.96. The molecule has 0 aliphatic heterocycles. The molecule has 2 amide bonds. The molecule has 0 aromatic heterocycles. The Hall–Kier alpha value is -3.40. The number of aliphatic hydroxyl groups excluding tert-OH is 1. The maximum atomic E-state index is 12.6. The van der Waals surface area contributed by atoms with Gasteiger partial charge in [0.1, 0.15) is 12.6 Å². The summed E-state index contributed by atoms with van der Waals surface area (Å²) in [4.78, 5) is 35.6. The number of hydrogen-bond acceptors (Lipinski definition) is 5. The van der Waals surface area contributed by atoms with Crippen LogP contribution in [0.1, 0.15) is 29.2 Å². The van der Waals surface area contributed by atoms with Crippen molar-refractivity contribution < 1.29 is 37.4 Å². The van der Waals surface area contributed by atoms with Gasteiger partial charge >= 0.3 is 12.1 Å². The Morgan fingerprint density at radius 3 is 2.17 bits per heavy atom. The third-order valence-corrected chi connectivity index (χ3v) is 4.08. The van der Waals surface area contributed by atoms with E-state index in [0.29, 0.717) is 17.7 Å². The fourth-order valence-electron chi connectivity index (χ4n) is 2.44. The first-order valence-corrected chi connectivity index (χ1v) is 8.72. The smallest absolute Gasteiger partial charge is 0.416 e. The highest BCUT2D eigenvalue weighted by Crippen LogP contribution is 2.30. The van der Waals surface area contributed by atoms with Crippen molar-refractivity contribution in [3.8, 4) is 0 Å². The summed E-state index contributed by atoms with van der Waals surface area (Å²) >= 11 is 0. The van der Waals surface area contributed by atoms with Gasteiger partial charge in [-0.2, -0.15) is 13.2 Å². The molecule has 2 rings (SSSR count). The largest absolute Gasteiger partial charge is 0.461 e. The molecular formula is C20H19F3N2O5. The molecule has 4 N–H and O–H groups in total. The molecule has 0 aliphatic carbocycles. The molecule has 2 aromatic rings. The van der Waals surface area contributed by atoms with Gasteiger partial charge in [-0.05, 0) is 23.3 Å². The summed E-state index contributed by atoms with van der Waals surface area (Å²) in [6.07, 6.45) is -7.01. The molecule has 0 radical (unpaired) electrons. The molecule has 2 atom stereocenters. The SMILES string of the molecule is NC(=O)[C@@H](CC(=O)OCc1ccccc1)NC(=O)[C@@H](O)c1ccc(C(F)(F)F)cc1. The second kappa shape index (κ2) is 9.88. The van der Waals surface area contributed by atoms with Gasteiger partial charge in [-0.3, -0.25) is 14.4 Å². The number of alkyl halides is 3. The highest BCUT2D eigenvalue weighted by atomic mass is 19.4. The van der Waals surface area contributed by atoms with Crippen LogP contribution in [0.15, 0.2) is 54.6 Å². The summed E-state index contributed by atoms with van der Waals surface area (Å²) in [5, 5.41) is 12.1. The summed E-state index contributed by atoms with van der Waals surface area (Å²) in [6.45, 7) is -0.0483. The molecule has 30 heavy (non-hydrogen) atoms. The van der Waals surface area contributed by atoms with Crippen molar-refractivity contribution in [2.45, 2.75) is 31.3 Å². The van der Waals surface area contributed by atoms with Crippen LogP contribution in [0.3, 0.4) is 0 Å².